The molecule has 0 unspecified atom stereocenters. The number of thiol groups is 1. The van der Waals surface area contributed by atoms with E-state index in [-0.39, 0.29) is 56.9 Å². The van der Waals surface area contributed by atoms with Crippen LogP contribution in [0.3, 0.4) is 0 Å². The molecule has 0 saturated heterocycles. The normalized spacial score (nSPS) is 8.45. The number of benzene rings is 1. The Labute approximate surface area is 113 Å². The first kappa shape index (κ1) is 11.7. The molecule has 11 heavy (non-hydrogen) atoms. The maximum Gasteiger partial charge on any atom is 1.00 e. The van der Waals surface area contributed by atoms with Crippen molar-refractivity contribution in [2.45, 2.75) is 4.90 Å². The molecule has 0 N–H and O–H groups in total. The van der Waals surface area contributed by atoms with E-state index in [1.807, 2.05) is 0 Å². The summed E-state index contributed by atoms with van der Waals surface area (Å²) >= 11 is 3.99. The Morgan fingerprint density at radius 3 is 2.09 bits per heavy atom. The van der Waals surface area contributed by atoms with Crippen molar-refractivity contribution in [1.82, 2.24) is 0 Å². The van der Waals surface area contributed by atoms with Crippen molar-refractivity contribution in [3.05, 3.63) is 29.8 Å². The van der Waals surface area contributed by atoms with Gasteiger partial charge in [-0.3, -0.25) is 0 Å². The van der Waals surface area contributed by atoms with Crippen molar-refractivity contribution in [2.75, 3.05) is 0 Å². The molecule has 1 aromatic rings. The standard InChI is InChI=1S/C7H6O2S.K/c8-7(9)5-1-3-6(10)4-2-5;/h1-4,10H,(H,8,9);/q;+1/p-1. The maximum absolute atomic E-state index is 10.2. The van der Waals surface area contributed by atoms with Crippen LogP contribution in [0.5, 0.6) is 0 Å². The van der Waals surface area contributed by atoms with Gasteiger partial charge in [0.2, 0.25) is 0 Å². The summed E-state index contributed by atoms with van der Waals surface area (Å²) in [6.07, 6.45) is 0. The molecule has 0 saturated carbocycles. The van der Waals surface area contributed by atoms with Gasteiger partial charge in [0.1, 0.15) is 0 Å². The Kier molecular flexibility index (Phi) is 5.67. The molecule has 0 aliphatic rings. The minimum Gasteiger partial charge on any atom is -0.545 e. The average molecular weight is 192 g/mol. The molecule has 0 amide bonds. The number of aromatic carboxylic acids is 1. The van der Waals surface area contributed by atoms with E-state index in [1.54, 1.807) is 12.1 Å². The number of hydrogen-bond acceptors (Lipinski definition) is 3. The molecule has 0 bridgehead atoms. The predicted octanol–water partition coefficient (Wildman–Crippen LogP) is -2.66. The van der Waals surface area contributed by atoms with Crippen LogP contribution < -0.4 is 56.5 Å². The Morgan fingerprint density at radius 2 is 1.73 bits per heavy atom. The predicted molar refractivity (Wildman–Crippen MR) is 38.0 cm³/mol. The summed E-state index contributed by atoms with van der Waals surface area (Å²) in [5, 5.41) is 10.2. The second-order valence-corrected chi connectivity index (χ2v) is 2.35. The monoisotopic (exact) mass is 192 g/mol. The summed E-state index contributed by atoms with van der Waals surface area (Å²) in [5.41, 5.74) is 0.179. The van der Waals surface area contributed by atoms with E-state index in [0.29, 0.717) is 0 Å². The summed E-state index contributed by atoms with van der Waals surface area (Å²) in [6, 6.07) is 6.12. The van der Waals surface area contributed by atoms with Crippen molar-refractivity contribution in [2.24, 2.45) is 0 Å². The first-order valence-electron chi connectivity index (χ1n) is 2.70. The maximum atomic E-state index is 10.2. The molecule has 0 aliphatic carbocycles. The third kappa shape index (κ3) is 3.73. The zero-order valence-electron chi connectivity index (χ0n) is 6.07. The quantitative estimate of drug-likeness (QED) is 0.390. The van der Waals surface area contributed by atoms with Gasteiger partial charge in [0, 0.05) is 4.90 Å². The zero-order valence-corrected chi connectivity index (χ0v) is 10.1. The summed E-state index contributed by atoms with van der Waals surface area (Å²) in [5.74, 6) is -1.16. The number of carboxylic acids is 1. The summed E-state index contributed by atoms with van der Waals surface area (Å²) in [7, 11) is 0. The van der Waals surface area contributed by atoms with E-state index in [9.17, 15) is 9.90 Å². The molecule has 2 nitrogen and oxygen atoms in total. The van der Waals surface area contributed by atoms with Gasteiger partial charge in [0.25, 0.3) is 0 Å². The molecule has 0 fully saturated rings. The first-order chi connectivity index (χ1) is 4.70. The van der Waals surface area contributed by atoms with Crippen molar-refractivity contribution in [1.29, 1.82) is 0 Å². The summed E-state index contributed by atoms with van der Waals surface area (Å²) in [6.45, 7) is 0. The third-order valence-electron chi connectivity index (χ3n) is 1.10. The van der Waals surface area contributed by atoms with Crippen molar-refractivity contribution >= 4 is 18.6 Å². The smallest absolute Gasteiger partial charge is 0.545 e. The van der Waals surface area contributed by atoms with E-state index in [4.69, 9.17) is 0 Å². The number of carboxylic acid groups (broad SMARTS) is 1. The molecule has 0 radical (unpaired) electrons. The molecule has 1 rings (SSSR count). The van der Waals surface area contributed by atoms with E-state index >= 15 is 0 Å². The Balaban J connectivity index is 0.000001000. The molecule has 0 aromatic heterocycles. The molecule has 0 atom stereocenters. The third-order valence-corrected chi connectivity index (χ3v) is 1.40. The molecule has 4 heteroatoms. The van der Waals surface area contributed by atoms with Gasteiger partial charge < -0.3 is 9.90 Å². The van der Waals surface area contributed by atoms with Crippen LogP contribution in [0, 0.1) is 0 Å². The fraction of sp³-hybridized carbons (Fsp3) is 0. The van der Waals surface area contributed by atoms with Crippen LogP contribution in [0.2, 0.25) is 0 Å². The van der Waals surface area contributed by atoms with Crippen LogP contribution in [0.15, 0.2) is 29.2 Å². The second-order valence-electron chi connectivity index (χ2n) is 1.83. The Hall–Kier alpha value is 0.676. The van der Waals surface area contributed by atoms with Gasteiger partial charge in [-0.25, -0.2) is 0 Å². The summed E-state index contributed by atoms with van der Waals surface area (Å²) in [4.78, 5) is 10.9. The van der Waals surface area contributed by atoms with Gasteiger partial charge in [-0.1, -0.05) is 12.1 Å². The topological polar surface area (TPSA) is 40.1 Å². The van der Waals surface area contributed by atoms with Crippen LogP contribution in [-0.4, -0.2) is 5.97 Å². The van der Waals surface area contributed by atoms with E-state index in [1.165, 1.54) is 12.1 Å². The van der Waals surface area contributed by atoms with Crippen molar-refractivity contribution in [3.63, 3.8) is 0 Å². The van der Waals surface area contributed by atoms with Gasteiger partial charge in [0.05, 0.1) is 5.97 Å². The van der Waals surface area contributed by atoms with Gasteiger partial charge in [-0.2, -0.15) is 0 Å². The minimum atomic E-state index is -1.16. The Morgan fingerprint density at radius 1 is 1.27 bits per heavy atom. The van der Waals surface area contributed by atoms with Crippen LogP contribution in [0.1, 0.15) is 10.4 Å². The molecular formula is C7H5KO2S. The minimum absolute atomic E-state index is 0. The van der Waals surface area contributed by atoms with E-state index in [2.05, 4.69) is 12.6 Å². The second kappa shape index (κ2) is 5.34. The fourth-order valence-corrected chi connectivity index (χ4v) is 0.747. The average Bonchev–Trinajstić information content (AvgIpc) is 1.88. The van der Waals surface area contributed by atoms with Crippen LogP contribution in [0.25, 0.3) is 0 Å². The number of carbonyl (C=O) groups is 1. The molecule has 1 aromatic carbocycles. The number of hydrogen-bond donors (Lipinski definition) is 1. The first-order valence-corrected chi connectivity index (χ1v) is 3.15. The van der Waals surface area contributed by atoms with Gasteiger partial charge in [0.15, 0.2) is 0 Å². The summed E-state index contributed by atoms with van der Waals surface area (Å²) < 4.78 is 0. The Bertz CT molecular complexity index is 245. The number of carbonyl (C=O) groups excluding carboxylic acids is 1. The zero-order chi connectivity index (χ0) is 7.56. The van der Waals surface area contributed by atoms with E-state index in [0.717, 1.165) is 4.90 Å². The number of rotatable bonds is 1. The fourth-order valence-electron chi connectivity index (χ4n) is 0.598. The van der Waals surface area contributed by atoms with Crippen LogP contribution in [0.4, 0.5) is 0 Å². The molecular weight excluding hydrogens is 187 g/mol. The molecule has 52 valence electrons. The SMILES string of the molecule is O=C([O-])c1ccc(S)cc1.[K+]. The van der Waals surface area contributed by atoms with Gasteiger partial charge in [-0.15, -0.1) is 12.6 Å². The van der Waals surface area contributed by atoms with Crippen LogP contribution in [-0.2, 0) is 0 Å². The van der Waals surface area contributed by atoms with E-state index < -0.39 is 5.97 Å². The largest absolute Gasteiger partial charge is 1.00 e. The molecule has 0 spiro atoms. The van der Waals surface area contributed by atoms with Gasteiger partial charge >= 0.3 is 51.4 Å². The van der Waals surface area contributed by atoms with Crippen molar-refractivity contribution < 1.29 is 61.3 Å². The van der Waals surface area contributed by atoms with Crippen LogP contribution >= 0.6 is 12.6 Å². The van der Waals surface area contributed by atoms with Gasteiger partial charge in [-0.05, 0) is 17.7 Å². The molecule has 0 aliphatic heterocycles. The van der Waals surface area contributed by atoms with Crippen molar-refractivity contribution in [3.8, 4) is 0 Å². The molecule has 0 heterocycles.